The van der Waals surface area contributed by atoms with Crippen LogP contribution in [-0.2, 0) is 6.42 Å². The summed E-state index contributed by atoms with van der Waals surface area (Å²) >= 11 is 1.23. The van der Waals surface area contributed by atoms with Crippen LogP contribution in [0.2, 0.25) is 0 Å². The molecular weight excluding hydrogens is 376 g/mol. The summed E-state index contributed by atoms with van der Waals surface area (Å²) in [5.74, 6) is 0.571. The maximum atomic E-state index is 12.4. The van der Waals surface area contributed by atoms with Gasteiger partial charge in [-0.15, -0.1) is 11.3 Å². The molecule has 1 aromatic carbocycles. The molecule has 6 nitrogen and oxygen atoms in total. The van der Waals surface area contributed by atoms with Crippen LogP contribution in [0.4, 0.5) is 5.00 Å². The van der Waals surface area contributed by atoms with Crippen LogP contribution in [0.3, 0.4) is 0 Å². The molecule has 2 amide bonds. The third kappa shape index (κ3) is 5.23. The SMILES string of the molecule is COc1ccc(CCC(C)NC(=O)c2ccc(NC(=O)c3ccco3)s2)cc1. The van der Waals surface area contributed by atoms with Gasteiger partial charge in [-0.2, -0.15) is 0 Å². The van der Waals surface area contributed by atoms with Gasteiger partial charge in [-0.3, -0.25) is 9.59 Å². The molecule has 0 radical (unpaired) electrons. The summed E-state index contributed by atoms with van der Waals surface area (Å²) in [6, 6.07) is 14.6. The minimum absolute atomic E-state index is 0.0258. The zero-order valence-electron chi connectivity index (χ0n) is 15.7. The number of rotatable bonds is 8. The van der Waals surface area contributed by atoms with E-state index in [1.807, 2.05) is 31.2 Å². The van der Waals surface area contributed by atoms with Crippen molar-refractivity contribution in [2.24, 2.45) is 0 Å². The van der Waals surface area contributed by atoms with E-state index in [0.29, 0.717) is 9.88 Å². The lowest BCUT2D eigenvalue weighted by Gasteiger charge is -2.13. The molecule has 2 N–H and O–H groups in total. The number of thiophene rings is 1. The first-order valence-corrected chi connectivity index (χ1v) is 9.75. The third-order valence-electron chi connectivity index (χ3n) is 4.21. The van der Waals surface area contributed by atoms with Crippen molar-refractivity contribution in [1.29, 1.82) is 0 Å². The molecule has 0 fully saturated rings. The zero-order chi connectivity index (χ0) is 19.9. The van der Waals surface area contributed by atoms with Gasteiger partial charge in [-0.1, -0.05) is 12.1 Å². The van der Waals surface area contributed by atoms with Crippen molar-refractivity contribution < 1.29 is 18.7 Å². The van der Waals surface area contributed by atoms with Gasteiger partial charge in [0, 0.05) is 6.04 Å². The molecule has 0 aliphatic rings. The van der Waals surface area contributed by atoms with Crippen molar-refractivity contribution in [3.05, 3.63) is 71.0 Å². The van der Waals surface area contributed by atoms with E-state index in [4.69, 9.17) is 9.15 Å². The Bertz CT molecular complexity index is 916. The molecular formula is C21H22N2O4S. The predicted octanol–water partition coefficient (Wildman–Crippen LogP) is 4.35. The van der Waals surface area contributed by atoms with E-state index in [9.17, 15) is 9.59 Å². The van der Waals surface area contributed by atoms with Crippen LogP contribution < -0.4 is 15.4 Å². The van der Waals surface area contributed by atoms with Gasteiger partial charge in [0.25, 0.3) is 11.8 Å². The fourth-order valence-electron chi connectivity index (χ4n) is 2.65. The Labute approximate surface area is 167 Å². The number of methoxy groups -OCH3 is 1. The van der Waals surface area contributed by atoms with Crippen molar-refractivity contribution in [1.82, 2.24) is 5.32 Å². The highest BCUT2D eigenvalue weighted by Gasteiger charge is 2.15. The molecule has 0 saturated heterocycles. The molecule has 3 aromatic rings. The Hall–Kier alpha value is -3.06. The summed E-state index contributed by atoms with van der Waals surface area (Å²) in [5.41, 5.74) is 1.20. The van der Waals surface area contributed by atoms with Crippen molar-refractivity contribution in [2.45, 2.75) is 25.8 Å². The van der Waals surface area contributed by atoms with Gasteiger partial charge in [0.15, 0.2) is 5.76 Å². The fourth-order valence-corrected chi connectivity index (χ4v) is 3.46. The van der Waals surface area contributed by atoms with Gasteiger partial charge in [0.2, 0.25) is 0 Å². The third-order valence-corrected chi connectivity index (χ3v) is 5.21. The smallest absolute Gasteiger partial charge is 0.291 e. The molecule has 3 rings (SSSR count). The Balaban J connectivity index is 1.48. The number of ether oxygens (including phenoxy) is 1. The number of hydrogen-bond acceptors (Lipinski definition) is 5. The summed E-state index contributed by atoms with van der Waals surface area (Å²) < 4.78 is 10.2. The highest BCUT2D eigenvalue weighted by Crippen LogP contribution is 2.23. The van der Waals surface area contributed by atoms with Crippen LogP contribution in [0, 0.1) is 0 Å². The Morgan fingerprint density at radius 3 is 2.57 bits per heavy atom. The number of furan rings is 1. The number of carbonyl (C=O) groups excluding carboxylic acids is 2. The van der Waals surface area contributed by atoms with Gasteiger partial charge in [-0.05, 0) is 61.7 Å². The van der Waals surface area contributed by atoms with Crippen molar-refractivity contribution >= 4 is 28.2 Å². The highest BCUT2D eigenvalue weighted by atomic mass is 32.1. The average Bonchev–Trinajstić information content (AvgIpc) is 3.39. The summed E-state index contributed by atoms with van der Waals surface area (Å²) in [7, 11) is 1.64. The number of amides is 2. The molecule has 146 valence electrons. The number of aryl methyl sites for hydroxylation is 1. The topological polar surface area (TPSA) is 80.6 Å². The van der Waals surface area contributed by atoms with Gasteiger partial charge in [-0.25, -0.2) is 0 Å². The maximum absolute atomic E-state index is 12.4. The number of hydrogen-bond donors (Lipinski definition) is 2. The number of anilines is 1. The van der Waals surface area contributed by atoms with E-state index in [2.05, 4.69) is 10.6 Å². The largest absolute Gasteiger partial charge is 0.497 e. The summed E-state index contributed by atoms with van der Waals surface area (Å²) in [6.07, 6.45) is 3.13. The molecule has 0 saturated carbocycles. The zero-order valence-corrected chi connectivity index (χ0v) is 16.5. The maximum Gasteiger partial charge on any atom is 0.291 e. The molecule has 28 heavy (non-hydrogen) atoms. The quantitative estimate of drug-likeness (QED) is 0.591. The van der Waals surface area contributed by atoms with E-state index >= 15 is 0 Å². The fraction of sp³-hybridized carbons (Fsp3) is 0.238. The van der Waals surface area contributed by atoms with Crippen LogP contribution in [0.5, 0.6) is 5.75 Å². The molecule has 2 heterocycles. The Morgan fingerprint density at radius 2 is 1.89 bits per heavy atom. The van der Waals surface area contributed by atoms with E-state index in [1.165, 1.54) is 23.2 Å². The standard InChI is InChI=1S/C21H22N2O4S/c1-14(5-6-15-7-9-16(26-2)10-8-15)22-21(25)18-11-12-19(28-18)23-20(24)17-4-3-13-27-17/h3-4,7-14H,5-6H2,1-2H3,(H,22,25)(H,23,24). The second-order valence-corrected chi connectivity index (χ2v) is 7.44. The van der Waals surface area contributed by atoms with Crippen molar-refractivity contribution in [2.75, 3.05) is 12.4 Å². The summed E-state index contributed by atoms with van der Waals surface area (Å²) in [6.45, 7) is 1.98. The lowest BCUT2D eigenvalue weighted by molar-refractivity contribution is 0.0941. The van der Waals surface area contributed by atoms with Crippen LogP contribution in [0.15, 0.2) is 59.2 Å². The van der Waals surface area contributed by atoms with E-state index in [1.54, 1.807) is 31.4 Å². The summed E-state index contributed by atoms with van der Waals surface area (Å²) in [5, 5.41) is 6.32. The van der Waals surface area contributed by atoms with Crippen molar-refractivity contribution in [3.8, 4) is 5.75 Å². The van der Waals surface area contributed by atoms with Gasteiger partial charge >= 0.3 is 0 Å². The van der Waals surface area contributed by atoms with Crippen LogP contribution in [-0.4, -0.2) is 25.0 Å². The molecule has 0 bridgehead atoms. The molecule has 2 aromatic heterocycles. The predicted molar refractivity (Wildman–Crippen MR) is 109 cm³/mol. The normalized spacial score (nSPS) is 11.6. The van der Waals surface area contributed by atoms with Crippen LogP contribution >= 0.6 is 11.3 Å². The van der Waals surface area contributed by atoms with E-state index < -0.39 is 0 Å². The minimum Gasteiger partial charge on any atom is -0.497 e. The van der Waals surface area contributed by atoms with Crippen LogP contribution in [0.1, 0.15) is 39.1 Å². The Morgan fingerprint density at radius 1 is 1.11 bits per heavy atom. The second kappa shape index (κ2) is 9.23. The molecule has 1 unspecified atom stereocenters. The highest BCUT2D eigenvalue weighted by molar-refractivity contribution is 7.18. The molecule has 0 spiro atoms. The Kier molecular flexibility index (Phi) is 6.49. The molecule has 1 atom stereocenters. The number of carbonyl (C=O) groups is 2. The average molecular weight is 398 g/mol. The van der Waals surface area contributed by atoms with Gasteiger partial charge in [0.05, 0.1) is 23.3 Å². The number of nitrogens with one attached hydrogen (secondary N) is 2. The monoisotopic (exact) mass is 398 g/mol. The van der Waals surface area contributed by atoms with Gasteiger partial charge < -0.3 is 19.8 Å². The van der Waals surface area contributed by atoms with Crippen LogP contribution in [0.25, 0.3) is 0 Å². The van der Waals surface area contributed by atoms with E-state index in [-0.39, 0.29) is 23.6 Å². The van der Waals surface area contributed by atoms with Crippen molar-refractivity contribution in [3.63, 3.8) is 0 Å². The molecule has 0 aliphatic carbocycles. The summed E-state index contributed by atoms with van der Waals surface area (Å²) in [4.78, 5) is 25.0. The molecule has 0 aliphatic heterocycles. The van der Waals surface area contributed by atoms with Gasteiger partial charge in [0.1, 0.15) is 5.75 Å². The lowest BCUT2D eigenvalue weighted by Crippen LogP contribution is -2.32. The minimum atomic E-state index is -0.341. The first-order valence-electron chi connectivity index (χ1n) is 8.93. The number of benzene rings is 1. The second-order valence-electron chi connectivity index (χ2n) is 6.36. The first-order chi connectivity index (χ1) is 13.5. The van der Waals surface area contributed by atoms with E-state index in [0.717, 1.165) is 18.6 Å². The first kappa shape index (κ1) is 19.7. The molecule has 7 heteroatoms. The lowest BCUT2D eigenvalue weighted by atomic mass is 10.1.